The van der Waals surface area contributed by atoms with E-state index in [1.165, 1.54) is 17.5 Å². The first-order valence-electron chi connectivity index (χ1n) is 18.0. The number of carbonyl (C=O) groups excluding carboxylic acids is 3. The van der Waals surface area contributed by atoms with Crippen molar-refractivity contribution in [1.82, 2.24) is 10.2 Å². The number of esters is 1. The van der Waals surface area contributed by atoms with Crippen LogP contribution in [0.15, 0.2) is 42.5 Å². The van der Waals surface area contributed by atoms with Gasteiger partial charge in [0.1, 0.15) is 18.4 Å². The number of carbonyl (C=O) groups is 3. The topological polar surface area (TPSA) is 88.0 Å². The maximum atomic E-state index is 13.7. The SMILES string of the molecule is CC[C@H]1OC(=O)N(C)C(=O)[C@H](C)C[C@](C)(CC#Cc2ccc(CNCCc3ccccc3)s2)C[C@@H](C)[N+]2=CCCC3C(=O)O[C@@]1(C)[C@H]3[C@H]2C. The molecule has 5 rings (SSSR count). The lowest BCUT2D eigenvalue weighted by atomic mass is 9.72. The van der Waals surface area contributed by atoms with Gasteiger partial charge in [0.2, 0.25) is 5.91 Å². The fourth-order valence-corrected chi connectivity index (χ4v) is 9.56. The number of amides is 2. The number of nitrogens with one attached hydrogen (secondary N) is 1. The number of thiophene rings is 1. The van der Waals surface area contributed by atoms with Crippen LogP contribution in [-0.4, -0.2) is 71.0 Å². The number of ether oxygens (including phenoxy) is 2. The van der Waals surface area contributed by atoms with E-state index in [-0.39, 0.29) is 41.2 Å². The van der Waals surface area contributed by atoms with Gasteiger partial charge in [-0.25, -0.2) is 9.37 Å². The van der Waals surface area contributed by atoms with Crippen molar-refractivity contribution in [2.24, 2.45) is 23.2 Å². The molecule has 2 saturated heterocycles. The number of nitrogens with zero attached hydrogens (tertiary/aromatic N) is 2. The summed E-state index contributed by atoms with van der Waals surface area (Å²) >= 11 is 1.71. The molecular weight excluding hydrogens is 635 g/mol. The van der Waals surface area contributed by atoms with E-state index in [9.17, 15) is 14.4 Å². The summed E-state index contributed by atoms with van der Waals surface area (Å²) in [6.07, 6.45) is 5.80. The second-order valence-corrected chi connectivity index (χ2v) is 16.2. The second kappa shape index (κ2) is 15.6. The van der Waals surface area contributed by atoms with Crippen molar-refractivity contribution < 1.29 is 28.4 Å². The molecule has 264 valence electrons. The Morgan fingerprint density at radius 3 is 2.55 bits per heavy atom. The van der Waals surface area contributed by atoms with Gasteiger partial charge in [0.15, 0.2) is 11.6 Å². The average Bonchev–Trinajstić information content (AvgIpc) is 3.56. The summed E-state index contributed by atoms with van der Waals surface area (Å²) in [5, 5.41) is 3.54. The van der Waals surface area contributed by atoms with Crippen molar-refractivity contribution in [3.05, 3.63) is 57.8 Å². The monoisotopic (exact) mass is 688 g/mol. The van der Waals surface area contributed by atoms with E-state index in [1.54, 1.807) is 11.3 Å². The summed E-state index contributed by atoms with van der Waals surface area (Å²) in [5.74, 6) is 5.52. The summed E-state index contributed by atoms with van der Waals surface area (Å²) in [5.41, 5.74) is 0.00792. The molecule has 8 atom stereocenters. The highest BCUT2D eigenvalue weighted by Crippen LogP contribution is 2.48. The van der Waals surface area contributed by atoms with E-state index in [0.29, 0.717) is 25.7 Å². The van der Waals surface area contributed by atoms with Crippen LogP contribution < -0.4 is 5.32 Å². The highest BCUT2D eigenvalue weighted by atomic mass is 32.1. The number of fused-ring (bicyclic) bond motifs is 1. The third-order valence-electron chi connectivity index (χ3n) is 11.0. The number of hydrogen-bond acceptors (Lipinski definition) is 7. The molecule has 3 aliphatic rings. The molecule has 4 heterocycles. The zero-order valence-corrected chi connectivity index (χ0v) is 31.1. The second-order valence-electron chi connectivity index (χ2n) is 15.0. The van der Waals surface area contributed by atoms with Gasteiger partial charge >= 0.3 is 12.1 Å². The summed E-state index contributed by atoms with van der Waals surface area (Å²) in [4.78, 5) is 43.8. The Bertz CT molecular complexity index is 1590. The van der Waals surface area contributed by atoms with Gasteiger partial charge in [0.25, 0.3) is 0 Å². The molecule has 1 N–H and O–H groups in total. The third kappa shape index (κ3) is 8.29. The molecule has 2 bridgehead atoms. The Labute approximate surface area is 296 Å². The largest absolute Gasteiger partial charge is 0.455 e. The zero-order valence-electron chi connectivity index (χ0n) is 30.3. The van der Waals surface area contributed by atoms with Gasteiger partial charge in [-0.2, -0.15) is 0 Å². The quantitative estimate of drug-likeness (QED) is 0.149. The smallest absolute Gasteiger partial charge is 0.416 e. The first kappa shape index (κ1) is 36.8. The molecule has 1 aromatic heterocycles. The molecule has 0 aliphatic carbocycles. The van der Waals surface area contributed by atoms with Crippen LogP contribution in [0.4, 0.5) is 4.79 Å². The minimum Gasteiger partial charge on any atom is -0.455 e. The molecule has 1 aromatic carbocycles. The Morgan fingerprint density at radius 1 is 1.06 bits per heavy atom. The summed E-state index contributed by atoms with van der Waals surface area (Å²) in [7, 11) is 1.49. The molecule has 49 heavy (non-hydrogen) atoms. The van der Waals surface area contributed by atoms with Crippen LogP contribution in [0, 0.1) is 35.0 Å². The molecule has 9 heteroatoms. The summed E-state index contributed by atoms with van der Waals surface area (Å²) in [6.45, 7) is 14.1. The summed E-state index contributed by atoms with van der Waals surface area (Å²) in [6, 6.07) is 14.8. The van der Waals surface area contributed by atoms with Gasteiger partial charge in [0.05, 0.1) is 16.7 Å². The van der Waals surface area contributed by atoms with E-state index in [1.807, 2.05) is 26.8 Å². The van der Waals surface area contributed by atoms with Gasteiger partial charge < -0.3 is 14.8 Å². The molecule has 0 radical (unpaired) electrons. The highest BCUT2D eigenvalue weighted by Gasteiger charge is 2.62. The molecule has 2 fully saturated rings. The number of benzene rings is 1. The molecule has 0 spiro atoms. The lowest BCUT2D eigenvalue weighted by Crippen LogP contribution is -2.55. The Hall–Kier alpha value is -3.48. The van der Waals surface area contributed by atoms with E-state index in [4.69, 9.17) is 9.47 Å². The Morgan fingerprint density at radius 2 is 1.82 bits per heavy atom. The normalized spacial score (nSPS) is 32.3. The Kier molecular flexibility index (Phi) is 11.7. The van der Waals surface area contributed by atoms with Crippen molar-refractivity contribution >= 4 is 35.5 Å². The maximum absolute atomic E-state index is 13.7. The van der Waals surface area contributed by atoms with Gasteiger partial charge in [-0.05, 0) is 76.1 Å². The number of cyclic esters (lactones) is 1. The molecule has 8 nitrogen and oxygen atoms in total. The highest BCUT2D eigenvalue weighted by molar-refractivity contribution is 7.12. The van der Waals surface area contributed by atoms with Crippen LogP contribution in [0.25, 0.3) is 0 Å². The Balaban J connectivity index is 1.35. The van der Waals surface area contributed by atoms with Crippen LogP contribution in [0.1, 0.15) is 95.4 Å². The van der Waals surface area contributed by atoms with E-state index in [0.717, 1.165) is 42.1 Å². The summed E-state index contributed by atoms with van der Waals surface area (Å²) < 4.78 is 14.6. The van der Waals surface area contributed by atoms with Crippen molar-refractivity contribution in [1.29, 1.82) is 0 Å². The van der Waals surface area contributed by atoms with Crippen molar-refractivity contribution in [2.75, 3.05) is 13.6 Å². The van der Waals surface area contributed by atoms with Crippen LogP contribution in [0.3, 0.4) is 0 Å². The van der Waals surface area contributed by atoms with Gasteiger partial charge in [-0.1, -0.05) is 62.9 Å². The number of rotatable bonds is 7. The first-order valence-corrected chi connectivity index (χ1v) is 18.8. The molecule has 2 amide bonds. The third-order valence-corrected chi connectivity index (χ3v) is 12.0. The molecule has 3 aliphatic heterocycles. The van der Waals surface area contributed by atoms with Crippen LogP contribution in [0.2, 0.25) is 0 Å². The van der Waals surface area contributed by atoms with Crippen LogP contribution >= 0.6 is 11.3 Å². The van der Waals surface area contributed by atoms with Gasteiger partial charge in [-0.3, -0.25) is 14.5 Å². The average molecular weight is 689 g/mol. The molecule has 1 unspecified atom stereocenters. The number of imide groups is 1. The fourth-order valence-electron chi connectivity index (χ4n) is 8.71. The molecular formula is C40H54N3O5S+. The lowest BCUT2D eigenvalue weighted by molar-refractivity contribution is -0.604. The zero-order chi connectivity index (χ0) is 35.3. The van der Waals surface area contributed by atoms with E-state index in [2.05, 4.69) is 85.1 Å². The minimum atomic E-state index is -1.01. The predicted molar refractivity (Wildman–Crippen MR) is 193 cm³/mol. The van der Waals surface area contributed by atoms with Crippen LogP contribution in [-0.2, 0) is 32.0 Å². The number of hydrogen-bond donors (Lipinski definition) is 1. The van der Waals surface area contributed by atoms with Crippen LogP contribution in [0.5, 0.6) is 0 Å². The van der Waals surface area contributed by atoms with E-state index >= 15 is 0 Å². The predicted octanol–water partition coefficient (Wildman–Crippen LogP) is 6.83. The van der Waals surface area contributed by atoms with Crippen molar-refractivity contribution in [2.45, 2.75) is 117 Å². The lowest BCUT2D eigenvalue weighted by Gasteiger charge is -2.40. The first-order chi connectivity index (χ1) is 23.3. The van der Waals surface area contributed by atoms with Gasteiger partial charge in [0, 0.05) is 43.6 Å². The van der Waals surface area contributed by atoms with Crippen molar-refractivity contribution in [3.8, 4) is 11.8 Å². The van der Waals surface area contributed by atoms with E-state index < -0.39 is 23.7 Å². The molecule has 0 saturated carbocycles. The van der Waals surface area contributed by atoms with Crippen molar-refractivity contribution in [3.63, 3.8) is 0 Å². The standard InChI is InChI=1S/C40H54N3O5S/c1-8-34-40(6)35-29(4)43(23-13-17-33(35)37(45)48-40)28(3)25-39(5,24-27(2)36(44)42(7)38(46)47-34)21-12-16-31-18-19-32(49-31)26-41-22-20-30-14-10-9-11-15-30/h9-11,14-15,18-19,23,27-29,33-35,41H,8,13,17,20-22,24-26H2,1-7H3/q+1/t27-,28-,29-,33?,34-,35+,39+,40-/m1/s1. The fraction of sp³-hybridized carbons (Fsp3) is 0.600. The maximum Gasteiger partial charge on any atom is 0.416 e. The minimum absolute atomic E-state index is 0.0207. The molecule has 2 aromatic rings. The van der Waals surface area contributed by atoms with Gasteiger partial charge in [-0.15, -0.1) is 11.3 Å².